The zero-order valence-electron chi connectivity index (χ0n) is 16.0. The number of carbonyl (C=O) groups excluding carboxylic acids is 2. The Hall–Kier alpha value is -2.83. The number of rotatable bonds is 7. The summed E-state index contributed by atoms with van der Waals surface area (Å²) in [5.41, 5.74) is 3.13. The molecule has 1 amide bonds. The van der Waals surface area contributed by atoms with Gasteiger partial charge in [-0.05, 0) is 25.0 Å². The van der Waals surface area contributed by atoms with E-state index in [4.69, 9.17) is 4.74 Å². The minimum absolute atomic E-state index is 0.250. The molecule has 0 atom stereocenters. The van der Waals surface area contributed by atoms with Crippen LogP contribution in [0.4, 0.5) is 5.82 Å². The van der Waals surface area contributed by atoms with Crippen molar-refractivity contribution >= 4 is 17.7 Å². The smallest absolute Gasteiger partial charge is 0.339 e. The van der Waals surface area contributed by atoms with Crippen LogP contribution in [0.15, 0.2) is 18.3 Å². The number of aryl methyl sites for hydroxylation is 1. The number of hydrogen-bond acceptors (Lipinski definition) is 5. The molecule has 2 aromatic heterocycles. The van der Waals surface area contributed by atoms with Crippen LogP contribution in [-0.4, -0.2) is 43.0 Å². The van der Waals surface area contributed by atoms with Crippen LogP contribution in [0.25, 0.3) is 0 Å². The fraction of sp³-hybridized carbons (Fsp3) is 0.421. The number of methoxy groups -OCH3 is 1. The number of aromatic nitrogens is 2. The number of anilines is 1. The molecule has 0 unspecified atom stereocenters. The van der Waals surface area contributed by atoms with E-state index >= 15 is 0 Å². The van der Waals surface area contributed by atoms with E-state index in [1.165, 1.54) is 7.11 Å². The zero-order valence-corrected chi connectivity index (χ0v) is 16.0. The van der Waals surface area contributed by atoms with Gasteiger partial charge in [0.1, 0.15) is 11.5 Å². The molecular weight excluding hydrogens is 332 g/mol. The molecule has 0 fully saturated rings. The Kier molecular flexibility index (Phi) is 6.38. The highest BCUT2D eigenvalue weighted by Gasteiger charge is 2.24. The molecule has 2 rings (SSSR count). The van der Waals surface area contributed by atoms with E-state index in [2.05, 4.69) is 15.3 Å². The number of aromatic amines is 1. The van der Waals surface area contributed by atoms with Crippen LogP contribution < -0.4 is 10.2 Å². The molecule has 0 aliphatic rings. The maximum atomic E-state index is 12.7. The van der Waals surface area contributed by atoms with E-state index in [1.54, 1.807) is 13.1 Å². The zero-order chi connectivity index (χ0) is 19.3. The van der Waals surface area contributed by atoms with Crippen LogP contribution in [0.1, 0.15) is 51.0 Å². The van der Waals surface area contributed by atoms with Gasteiger partial charge in [0.2, 0.25) is 0 Å². The lowest BCUT2D eigenvalue weighted by Crippen LogP contribution is -2.26. The molecule has 0 saturated heterocycles. The number of nitrogens with one attached hydrogen (secondary N) is 2. The van der Waals surface area contributed by atoms with Gasteiger partial charge in [0.15, 0.2) is 0 Å². The van der Waals surface area contributed by atoms with Crippen LogP contribution in [0, 0.1) is 6.92 Å². The third-order valence-electron chi connectivity index (χ3n) is 4.14. The molecule has 0 bridgehead atoms. The lowest BCUT2D eigenvalue weighted by Gasteiger charge is -2.16. The summed E-state index contributed by atoms with van der Waals surface area (Å²) in [6.45, 7) is 4.12. The van der Waals surface area contributed by atoms with Gasteiger partial charge in [-0.2, -0.15) is 0 Å². The quantitative estimate of drug-likeness (QED) is 0.743. The fourth-order valence-electron chi connectivity index (χ4n) is 2.98. The molecule has 0 aliphatic carbocycles. The molecule has 7 nitrogen and oxygen atoms in total. The number of carbonyl (C=O) groups is 2. The van der Waals surface area contributed by atoms with Crippen molar-refractivity contribution in [3.05, 3.63) is 46.4 Å². The van der Waals surface area contributed by atoms with Gasteiger partial charge >= 0.3 is 5.97 Å². The molecule has 0 radical (unpaired) electrons. The minimum Gasteiger partial charge on any atom is -0.465 e. The summed E-state index contributed by atoms with van der Waals surface area (Å²) >= 11 is 0. The van der Waals surface area contributed by atoms with Gasteiger partial charge in [0, 0.05) is 38.1 Å². The summed E-state index contributed by atoms with van der Waals surface area (Å²) in [5, 5.41) is 2.92. The molecule has 0 aromatic carbocycles. The first-order chi connectivity index (χ1) is 12.4. The van der Waals surface area contributed by atoms with Gasteiger partial charge in [0.25, 0.3) is 5.91 Å². The number of H-pyrrole nitrogens is 1. The Bertz CT molecular complexity index is 796. The highest BCUT2D eigenvalue weighted by Crippen LogP contribution is 2.22. The highest BCUT2D eigenvalue weighted by molar-refractivity contribution is 6.00. The molecular formula is C19H26N4O3. The third-order valence-corrected chi connectivity index (χ3v) is 4.14. The number of ether oxygens (including phenoxy) is 1. The van der Waals surface area contributed by atoms with E-state index in [1.807, 2.05) is 38.1 Å². The summed E-state index contributed by atoms with van der Waals surface area (Å²) in [6.07, 6.45) is 3.15. The average molecular weight is 358 g/mol. The number of pyridine rings is 1. The maximum absolute atomic E-state index is 12.7. The van der Waals surface area contributed by atoms with Gasteiger partial charge < -0.3 is 19.9 Å². The molecule has 2 N–H and O–H groups in total. The van der Waals surface area contributed by atoms with E-state index in [9.17, 15) is 9.59 Å². The normalized spacial score (nSPS) is 10.5. The Morgan fingerprint density at radius 2 is 2.08 bits per heavy atom. The van der Waals surface area contributed by atoms with Crippen molar-refractivity contribution in [2.75, 3.05) is 26.1 Å². The standard InChI is InChI=1S/C19H26N4O3/c1-6-8-14-15(19(25)26-5)12(2)22-16(14)18(24)21-11-13-9-7-10-20-17(13)23(3)4/h7,9-10,22H,6,8,11H2,1-5H3,(H,21,24). The van der Waals surface area contributed by atoms with Crippen LogP contribution in [0.2, 0.25) is 0 Å². The van der Waals surface area contributed by atoms with Crippen molar-refractivity contribution in [2.24, 2.45) is 0 Å². The lowest BCUT2D eigenvalue weighted by atomic mass is 10.0. The van der Waals surface area contributed by atoms with Gasteiger partial charge in [-0.25, -0.2) is 9.78 Å². The molecule has 2 heterocycles. The van der Waals surface area contributed by atoms with Gasteiger partial charge in [-0.15, -0.1) is 0 Å². The van der Waals surface area contributed by atoms with Crippen LogP contribution in [0.3, 0.4) is 0 Å². The van der Waals surface area contributed by atoms with Crippen LogP contribution in [-0.2, 0) is 17.7 Å². The largest absolute Gasteiger partial charge is 0.465 e. The van der Waals surface area contributed by atoms with E-state index in [0.29, 0.717) is 35.5 Å². The Balaban J connectivity index is 2.26. The monoisotopic (exact) mass is 358 g/mol. The third kappa shape index (κ3) is 4.04. The van der Waals surface area contributed by atoms with Crippen molar-refractivity contribution in [3.8, 4) is 0 Å². The molecule has 140 valence electrons. The summed E-state index contributed by atoms with van der Waals surface area (Å²) in [6, 6.07) is 3.76. The second kappa shape index (κ2) is 8.51. The molecule has 0 spiro atoms. The summed E-state index contributed by atoms with van der Waals surface area (Å²) in [7, 11) is 5.16. The average Bonchev–Trinajstić information content (AvgIpc) is 2.95. The Morgan fingerprint density at radius 3 is 2.69 bits per heavy atom. The summed E-state index contributed by atoms with van der Waals surface area (Å²) in [4.78, 5) is 34.1. The maximum Gasteiger partial charge on any atom is 0.339 e. The SMILES string of the molecule is CCCc1c(C(=O)NCc2cccnc2N(C)C)[nH]c(C)c1C(=O)OC. The van der Waals surface area contributed by atoms with Crippen molar-refractivity contribution < 1.29 is 14.3 Å². The van der Waals surface area contributed by atoms with Crippen LogP contribution in [0.5, 0.6) is 0 Å². The molecule has 0 aliphatic heterocycles. The highest BCUT2D eigenvalue weighted by atomic mass is 16.5. The lowest BCUT2D eigenvalue weighted by molar-refractivity contribution is 0.0599. The van der Waals surface area contributed by atoms with Gasteiger partial charge in [-0.1, -0.05) is 19.4 Å². The first-order valence-electron chi connectivity index (χ1n) is 8.59. The Labute approximate surface area is 153 Å². The molecule has 26 heavy (non-hydrogen) atoms. The second-order valence-corrected chi connectivity index (χ2v) is 6.28. The van der Waals surface area contributed by atoms with Crippen molar-refractivity contribution in [3.63, 3.8) is 0 Å². The minimum atomic E-state index is -0.427. The Morgan fingerprint density at radius 1 is 1.35 bits per heavy atom. The molecule has 2 aromatic rings. The van der Waals surface area contributed by atoms with Crippen LogP contribution >= 0.6 is 0 Å². The van der Waals surface area contributed by atoms with Crippen molar-refractivity contribution in [1.82, 2.24) is 15.3 Å². The fourth-order valence-corrected chi connectivity index (χ4v) is 2.98. The topological polar surface area (TPSA) is 87.3 Å². The number of esters is 1. The van der Waals surface area contributed by atoms with E-state index in [0.717, 1.165) is 17.8 Å². The first-order valence-corrected chi connectivity index (χ1v) is 8.59. The summed E-state index contributed by atoms with van der Waals surface area (Å²) in [5.74, 6) is 0.128. The summed E-state index contributed by atoms with van der Waals surface area (Å²) < 4.78 is 4.86. The number of amides is 1. The van der Waals surface area contributed by atoms with E-state index < -0.39 is 5.97 Å². The van der Waals surface area contributed by atoms with Crippen molar-refractivity contribution in [2.45, 2.75) is 33.2 Å². The van der Waals surface area contributed by atoms with Gasteiger partial charge in [0.05, 0.1) is 12.7 Å². The molecule has 0 saturated carbocycles. The predicted molar refractivity (Wildman–Crippen MR) is 101 cm³/mol. The second-order valence-electron chi connectivity index (χ2n) is 6.28. The number of hydrogen-bond donors (Lipinski definition) is 2. The number of nitrogens with zero attached hydrogens (tertiary/aromatic N) is 2. The van der Waals surface area contributed by atoms with Crippen molar-refractivity contribution in [1.29, 1.82) is 0 Å². The first kappa shape index (κ1) is 19.5. The van der Waals surface area contributed by atoms with Gasteiger partial charge in [-0.3, -0.25) is 4.79 Å². The predicted octanol–water partition coefficient (Wildman–Crippen LogP) is 2.45. The van der Waals surface area contributed by atoms with E-state index in [-0.39, 0.29) is 5.91 Å². The molecule has 7 heteroatoms.